The number of benzene rings is 2. The third-order valence-corrected chi connectivity index (χ3v) is 3.90. The topological polar surface area (TPSA) is 20.2 Å². The van der Waals surface area contributed by atoms with Crippen LogP contribution in [0.15, 0.2) is 54.6 Å². The van der Waals surface area contributed by atoms with Gasteiger partial charge in [0.05, 0.1) is 6.10 Å². The molecule has 1 heteroatoms. The largest absolute Gasteiger partial charge is 0.388 e. The summed E-state index contributed by atoms with van der Waals surface area (Å²) >= 11 is 0. The SMILES string of the molecule is OC(c1cccc2ccccc12)C1CC=CCC1. The van der Waals surface area contributed by atoms with Crippen LogP contribution in [0, 0.1) is 5.92 Å². The summed E-state index contributed by atoms with van der Waals surface area (Å²) in [5.41, 5.74) is 1.08. The average molecular weight is 238 g/mol. The quantitative estimate of drug-likeness (QED) is 0.776. The van der Waals surface area contributed by atoms with Gasteiger partial charge in [-0.1, -0.05) is 54.6 Å². The van der Waals surface area contributed by atoms with Crippen molar-refractivity contribution in [2.75, 3.05) is 0 Å². The third kappa shape index (κ3) is 2.06. The lowest BCUT2D eigenvalue weighted by atomic mass is 9.84. The summed E-state index contributed by atoms with van der Waals surface area (Å²) in [5.74, 6) is 0.362. The number of aliphatic hydroxyl groups excluding tert-OH is 1. The molecule has 3 rings (SSSR count). The first kappa shape index (κ1) is 11.5. The summed E-state index contributed by atoms with van der Waals surface area (Å²) in [6.45, 7) is 0. The smallest absolute Gasteiger partial charge is 0.0827 e. The summed E-state index contributed by atoms with van der Waals surface area (Å²) in [4.78, 5) is 0. The van der Waals surface area contributed by atoms with E-state index in [1.165, 1.54) is 10.8 Å². The highest BCUT2D eigenvalue weighted by Gasteiger charge is 2.22. The first-order valence-corrected chi connectivity index (χ1v) is 6.67. The van der Waals surface area contributed by atoms with E-state index in [2.05, 4.69) is 36.4 Å². The molecule has 1 nitrogen and oxygen atoms in total. The van der Waals surface area contributed by atoms with Gasteiger partial charge in [0.1, 0.15) is 0 Å². The summed E-state index contributed by atoms with van der Waals surface area (Å²) in [5, 5.41) is 13.0. The van der Waals surface area contributed by atoms with Crippen molar-refractivity contribution in [1.29, 1.82) is 0 Å². The van der Waals surface area contributed by atoms with Crippen LogP contribution in [0.3, 0.4) is 0 Å². The van der Waals surface area contributed by atoms with Gasteiger partial charge in [0.25, 0.3) is 0 Å². The molecule has 0 amide bonds. The van der Waals surface area contributed by atoms with E-state index >= 15 is 0 Å². The second kappa shape index (κ2) is 4.95. The molecule has 2 aromatic carbocycles. The predicted molar refractivity (Wildman–Crippen MR) is 75.4 cm³/mol. The first-order valence-electron chi connectivity index (χ1n) is 6.67. The Balaban J connectivity index is 2.00. The number of allylic oxidation sites excluding steroid dienone is 2. The number of rotatable bonds is 2. The van der Waals surface area contributed by atoms with Gasteiger partial charge in [-0.25, -0.2) is 0 Å². The highest BCUT2D eigenvalue weighted by molar-refractivity contribution is 5.86. The molecule has 2 atom stereocenters. The Bertz CT molecular complexity index is 565. The molecule has 0 saturated carbocycles. The molecule has 0 aliphatic heterocycles. The zero-order valence-electron chi connectivity index (χ0n) is 10.4. The van der Waals surface area contributed by atoms with Crippen LogP contribution in [-0.4, -0.2) is 5.11 Å². The zero-order chi connectivity index (χ0) is 12.4. The minimum absolute atomic E-state index is 0.346. The number of hydrogen-bond acceptors (Lipinski definition) is 1. The Hall–Kier alpha value is -1.60. The van der Waals surface area contributed by atoms with E-state index in [1.54, 1.807) is 0 Å². The van der Waals surface area contributed by atoms with Crippen molar-refractivity contribution in [2.45, 2.75) is 25.4 Å². The molecule has 2 aromatic rings. The lowest BCUT2D eigenvalue weighted by molar-refractivity contribution is 0.104. The highest BCUT2D eigenvalue weighted by Crippen LogP contribution is 2.34. The van der Waals surface area contributed by atoms with E-state index < -0.39 is 0 Å². The fraction of sp³-hybridized carbons (Fsp3) is 0.294. The molecule has 92 valence electrons. The highest BCUT2D eigenvalue weighted by atomic mass is 16.3. The van der Waals surface area contributed by atoms with Gasteiger partial charge in [-0.05, 0) is 41.5 Å². The van der Waals surface area contributed by atoms with E-state index in [0.29, 0.717) is 5.92 Å². The zero-order valence-corrected chi connectivity index (χ0v) is 10.4. The fourth-order valence-electron chi connectivity index (χ4n) is 2.87. The van der Waals surface area contributed by atoms with Crippen molar-refractivity contribution in [3.63, 3.8) is 0 Å². The monoisotopic (exact) mass is 238 g/mol. The van der Waals surface area contributed by atoms with Crippen LogP contribution in [-0.2, 0) is 0 Å². The molecule has 1 aliphatic carbocycles. The Labute approximate surface area is 108 Å². The van der Waals surface area contributed by atoms with Crippen molar-refractivity contribution >= 4 is 10.8 Å². The minimum atomic E-state index is -0.346. The molecular weight excluding hydrogens is 220 g/mol. The molecule has 0 saturated heterocycles. The second-order valence-electron chi connectivity index (χ2n) is 5.06. The molecule has 1 aliphatic rings. The van der Waals surface area contributed by atoms with Gasteiger partial charge in [0.15, 0.2) is 0 Å². The summed E-state index contributed by atoms with van der Waals surface area (Å²) in [7, 11) is 0. The molecule has 2 unspecified atom stereocenters. The van der Waals surface area contributed by atoms with Crippen LogP contribution in [0.5, 0.6) is 0 Å². The minimum Gasteiger partial charge on any atom is -0.388 e. The van der Waals surface area contributed by atoms with Gasteiger partial charge in [0, 0.05) is 0 Å². The summed E-state index contributed by atoms with van der Waals surface area (Å²) < 4.78 is 0. The maximum absolute atomic E-state index is 10.6. The molecule has 0 radical (unpaired) electrons. The number of aliphatic hydroxyl groups is 1. The van der Waals surface area contributed by atoms with E-state index in [9.17, 15) is 5.11 Å². The molecule has 0 aromatic heterocycles. The molecule has 18 heavy (non-hydrogen) atoms. The number of fused-ring (bicyclic) bond motifs is 1. The third-order valence-electron chi connectivity index (χ3n) is 3.90. The van der Waals surface area contributed by atoms with Crippen LogP contribution < -0.4 is 0 Å². The van der Waals surface area contributed by atoms with Crippen molar-refractivity contribution in [2.24, 2.45) is 5.92 Å². The van der Waals surface area contributed by atoms with Crippen molar-refractivity contribution in [3.8, 4) is 0 Å². The standard InChI is InChI=1S/C17H18O/c18-17(14-8-2-1-3-9-14)16-12-6-10-13-7-4-5-11-15(13)16/h1-2,4-7,10-12,14,17-18H,3,8-9H2. The first-order chi connectivity index (χ1) is 8.86. The molecule has 0 bridgehead atoms. The fourth-order valence-corrected chi connectivity index (χ4v) is 2.87. The van der Waals surface area contributed by atoms with Crippen LogP contribution in [0.25, 0.3) is 10.8 Å². The van der Waals surface area contributed by atoms with E-state index in [-0.39, 0.29) is 6.10 Å². The van der Waals surface area contributed by atoms with Gasteiger partial charge >= 0.3 is 0 Å². The maximum Gasteiger partial charge on any atom is 0.0827 e. The van der Waals surface area contributed by atoms with Gasteiger partial charge in [0.2, 0.25) is 0 Å². The van der Waals surface area contributed by atoms with Crippen molar-refractivity contribution < 1.29 is 5.11 Å². The lowest BCUT2D eigenvalue weighted by Crippen LogP contribution is -2.14. The van der Waals surface area contributed by atoms with Gasteiger partial charge < -0.3 is 5.11 Å². The summed E-state index contributed by atoms with van der Waals surface area (Å²) in [6.07, 6.45) is 7.23. The van der Waals surface area contributed by atoms with Gasteiger partial charge in [-0.2, -0.15) is 0 Å². The Morgan fingerprint density at radius 3 is 2.67 bits per heavy atom. The Morgan fingerprint density at radius 2 is 1.83 bits per heavy atom. The van der Waals surface area contributed by atoms with Gasteiger partial charge in [-0.3, -0.25) is 0 Å². The van der Waals surface area contributed by atoms with E-state index in [0.717, 1.165) is 24.8 Å². The van der Waals surface area contributed by atoms with Crippen LogP contribution >= 0.6 is 0 Å². The molecule has 0 heterocycles. The Kier molecular flexibility index (Phi) is 3.16. The molecular formula is C17H18O. The van der Waals surface area contributed by atoms with E-state index in [1.807, 2.05) is 18.2 Å². The van der Waals surface area contributed by atoms with Gasteiger partial charge in [-0.15, -0.1) is 0 Å². The molecule has 0 fully saturated rings. The predicted octanol–water partition coefficient (Wildman–Crippen LogP) is 4.23. The van der Waals surface area contributed by atoms with E-state index in [4.69, 9.17) is 0 Å². The van der Waals surface area contributed by atoms with Crippen LogP contribution in [0.4, 0.5) is 0 Å². The normalized spacial score (nSPS) is 21.1. The van der Waals surface area contributed by atoms with Crippen LogP contribution in [0.2, 0.25) is 0 Å². The molecule has 1 N–H and O–H groups in total. The maximum atomic E-state index is 10.6. The molecule has 0 spiro atoms. The van der Waals surface area contributed by atoms with Crippen molar-refractivity contribution in [1.82, 2.24) is 0 Å². The summed E-state index contributed by atoms with van der Waals surface area (Å²) in [6, 6.07) is 14.5. The number of hydrogen-bond donors (Lipinski definition) is 1. The Morgan fingerprint density at radius 1 is 1.00 bits per heavy atom. The second-order valence-corrected chi connectivity index (χ2v) is 5.06. The average Bonchev–Trinajstić information content (AvgIpc) is 2.47. The van der Waals surface area contributed by atoms with Crippen LogP contribution in [0.1, 0.15) is 30.9 Å². The van der Waals surface area contributed by atoms with Crippen molar-refractivity contribution in [3.05, 3.63) is 60.2 Å². The lowest BCUT2D eigenvalue weighted by Gasteiger charge is -2.25.